The summed E-state index contributed by atoms with van der Waals surface area (Å²) in [6, 6.07) is 0.388. The van der Waals surface area contributed by atoms with Gasteiger partial charge in [-0.3, -0.25) is 0 Å². The lowest BCUT2D eigenvalue weighted by Crippen LogP contribution is -2.06. The van der Waals surface area contributed by atoms with Crippen LogP contribution in [0, 0.1) is 13.8 Å². The van der Waals surface area contributed by atoms with Crippen LogP contribution in [0.25, 0.3) is 0 Å². The van der Waals surface area contributed by atoms with E-state index in [1.165, 1.54) is 0 Å². The lowest BCUT2D eigenvalue weighted by molar-refractivity contribution is 0.285. The van der Waals surface area contributed by atoms with Crippen molar-refractivity contribution in [2.24, 2.45) is 0 Å². The monoisotopic (exact) mass is 195 g/mol. The fourth-order valence-electron chi connectivity index (χ4n) is 0.997. The van der Waals surface area contributed by atoms with Gasteiger partial charge in [0, 0.05) is 11.3 Å². The zero-order valence-corrected chi connectivity index (χ0v) is 9.00. The molecule has 14 heavy (non-hydrogen) atoms. The van der Waals surface area contributed by atoms with Gasteiger partial charge in [-0.1, -0.05) is 13.3 Å². The van der Waals surface area contributed by atoms with Gasteiger partial charge in [0.05, 0.1) is 6.61 Å². The van der Waals surface area contributed by atoms with Gasteiger partial charge in [-0.05, 0) is 20.3 Å². The van der Waals surface area contributed by atoms with Crippen molar-refractivity contribution in [3.63, 3.8) is 0 Å². The standard InChI is InChI=1S/C10H17N3O/c1-4-5-6-14-10-12-8(3)7(2)9(11)13-10/h4-6H2,1-3H3,(H2,11,12,13). The summed E-state index contributed by atoms with van der Waals surface area (Å²) in [5, 5.41) is 0. The van der Waals surface area contributed by atoms with Crippen LogP contribution in [0.5, 0.6) is 6.01 Å². The second-order valence-electron chi connectivity index (χ2n) is 3.30. The Labute approximate surface area is 84.5 Å². The van der Waals surface area contributed by atoms with E-state index in [1.807, 2.05) is 13.8 Å². The molecule has 0 spiro atoms. The molecule has 0 aromatic carbocycles. The van der Waals surface area contributed by atoms with Gasteiger partial charge in [-0.2, -0.15) is 4.98 Å². The summed E-state index contributed by atoms with van der Waals surface area (Å²) in [5.74, 6) is 0.504. The molecule has 1 heterocycles. The maximum atomic E-state index is 5.69. The van der Waals surface area contributed by atoms with E-state index >= 15 is 0 Å². The van der Waals surface area contributed by atoms with E-state index in [1.54, 1.807) is 0 Å². The van der Waals surface area contributed by atoms with E-state index in [2.05, 4.69) is 16.9 Å². The highest BCUT2D eigenvalue weighted by atomic mass is 16.5. The second kappa shape index (κ2) is 4.79. The molecule has 0 aliphatic rings. The van der Waals surface area contributed by atoms with Crippen molar-refractivity contribution in [2.45, 2.75) is 33.6 Å². The van der Waals surface area contributed by atoms with Crippen LogP contribution in [0.2, 0.25) is 0 Å². The number of unbranched alkanes of at least 4 members (excludes halogenated alkanes) is 1. The van der Waals surface area contributed by atoms with E-state index in [9.17, 15) is 0 Å². The summed E-state index contributed by atoms with van der Waals surface area (Å²) >= 11 is 0. The number of hydrogen-bond donors (Lipinski definition) is 1. The molecule has 0 fully saturated rings. The summed E-state index contributed by atoms with van der Waals surface area (Å²) in [4.78, 5) is 8.24. The van der Waals surface area contributed by atoms with Crippen molar-refractivity contribution < 1.29 is 4.74 Å². The number of aromatic nitrogens is 2. The quantitative estimate of drug-likeness (QED) is 0.745. The molecule has 0 atom stereocenters. The van der Waals surface area contributed by atoms with Gasteiger partial charge in [0.1, 0.15) is 5.82 Å². The fourth-order valence-corrected chi connectivity index (χ4v) is 0.997. The topological polar surface area (TPSA) is 61.0 Å². The first-order valence-electron chi connectivity index (χ1n) is 4.88. The zero-order chi connectivity index (χ0) is 10.6. The Morgan fingerprint density at radius 2 is 2.00 bits per heavy atom. The van der Waals surface area contributed by atoms with Crippen molar-refractivity contribution >= 4 is 5.82 Å². The largest absolute Gasteiger partial charge is 0.463 e. The molecule has 78 valence electrons. The molecule has 0 aliphatic heterocycles. The first-order valence-corrected chi connectivity index (χ1v) is 4.88. The number of nitrogen functional groups attached to an aromatic ring is 1. The molecule has 0 bridgehead atoms. The second-order valence-corrected chi connectivity index (χ2v) is 3.30. The van der Waals surface area contributed by atoms with Crippen LogP contribution in [-0.4, -0.2) is 16.6 Å². The molecule has 0 amide bonds. The van der Waals surface area contributed by atoms with E-state index in [4.69, 9.17) is 10.5 Å². The van der Waals surface area contributed by atoms with Gasteiger partial charge in [-0.25, -0.2) is 4.98 Å². The highest BCUT2D eigenvalue weighted by molar-refractivity contribution is 5.41. The molecular weight excluding hydrogens is 178 g/mol. The van der Waals surface area contributed by atoms with Crippen LogP contribution >= 0.6 is 0 Å². The summed E-state index contributed by atoms with van der Waals surface area (Å²) in [5.41, 5.74) is 7.50. The molecule has 4 nitrogen and oxygen atoms in total. The van der Waals surface area contributed by atoms with Gasteiger partial charge >= 0.3 is 6.01 Å². The average Bonchev–Trinajstić information content (AvgIpc) is 2.14. The predicted molar refractivity (Wildman–Crippen MR) is 56.3 cm³/mol. The fraction of sp³-hybridized carbons (Fsp3) is 0.600. The Morgan fingerprint density at radius 3 is 2.57 bits per heavy atom. The van der Waals surface area contributed by atoms with Crippen molar-refractivity contribution in [1.82, 2.24) is 9.97 Å². The van der Waals surface area contributed by atoms with E-state index in [0.717, 1.165) is 24.1 Å². The van der Waals surface area contributed by atoms with Crippen LogP contribution in [0.1, 0.15) is 31.0 Å². The minimum absolute atomic E-state index is 0.388. The van der Waals surface area contributed by atoms with Crippen LogP contribution in [0.15, 0.2) is 0 Å². The van der Waals surface area contributed by atoms with Gasteiger partial charge in [0.2, 0.25) is 0 Å². The van der Waals surface area contributed by atoms with Crippen LogP contribution in [0.4, 0.5) is 5.82 Å². The molecule has 0 saturated carbocycles. The minimum Gasteiger partial charge on any atom is -0.463 e. The lowest BCUT2D eigenvalue weighted by Gasteiger charge is -2.07. The van der Waals surface area contributed by atoms with Crippen LogP contribution < -0.4 is 10.5 Å². The molecule has 1 rings (SSSR count). The lowest BCUT2D eigenvalue weighted by atomic mass is 10.2. The normalized spacial score (nSPS) is 10.2. The molecule has 0 radical (unpaired) electrons. The van der Waals surface area contributed by atoms with Gasteiger partial charge in [0.15, 0.2) is 0 Å². The predicted octanol–water partition coefficient (Wildman–Crippen LogP) is 1.85. The molecule has 4 heteroatoms. The minimum atomic E-state index is 0.388. The number of hydrogen-bond acceptors (Lipinski definition) is 4. The molecule has 2 N–H and O–H groups in total. The molecule has 0 unspecified atom stereocenters. The highest BCUT2D eigenvalue weighted by Gasteiger charge is 2.05. The average molecular weight is 195 g/mol. The maximum absolute atomic E-state index is 5.69. The summed E-state index contributed by atoms with van der Waals surface area (Å²) in [7, 11) is 0. The summed E-state index contributed by atoms with van der Waals surface area (Å²) in [6.07, 6.45) is 2.11. The Balaban J connectivity index is 2.69. The number of aryl methyl sites for hydroxylation is 1. The highest BCUT2D eigenvalue weighted by Crippen LogP contribution is 2.14. The molecule has 1 aromatic rings. The third-order valence-electron chi connectivity index (χ3n) is 2.14. The van der Waals surface area contributed by atoms with Gasteiger partial charge < -0.3 is 10.5 Å². The number of rotatable bonds is 4. The van der Waals surface area contributed by atoms with Gasteiger partial charge in [0.25, 0.3) is 0 Å². The zero-order valence-electron chi connectivity index (χ0n) is 9.00. The first-order chi connectivity index (χ1) is 6.65. The van der Waals surface area contributed by atoms with Crippen molar-refractivity contribution in [3.05, 3.63) is 11.3 Å². The van der Waals surface area contributed by atoms with Crippen molar-refractivity contribution in [2.75, 3.05) is 12.3 Å². The van der Waals surface area contributed by atoms with E-state index in [-0.39, 0.29) is 0 Å². The number of nitrogens with zero attached hydrogens (tertiary/aromatic N) is 2. The van der Waals surface area contributed by atoms with Gasteiger partial charge in [-0.15, -0.1) is 0 Å². The molecule has 0 aliphatic carbocycles. The van der Waals surface area contributed by atoms with E-state index in [0.29, 0.717) is 18.4 Å². The van der Waals surface area contributed by atoms with Crippen LogP contribution in [0.3, 0.4) is 0 Å². The maximum Gasteiger partial charge on any atom is 0.318 e. The van der Waals surface area contributed by atoms with Crippen LogP contribution in [-0.2, 0) is 0 Å². The first kappa shape index (κ1) is 10.8. The number of nitrogens with two attached hydrogens (primary N) is 1. The number of ether oxygens (including phenoxy) is 1. The SMILES string of the molecule is CCCCOc1nc(C)c(C)c(N)n1. The Hall–Kier alpha value is -1.32. The third-order valence-corrected chi connectivity index (χ3v) is 2.14. The Kier molecular flexibility index (Phi) is 3.68. The Morgan fingerprint density at radius 1 is 1.29 bits per heavy atom. The molecular formula is C10H17N3O. The smallest absolute Gasteiger partial charge is 0.318 e. The Bertz CT molecular complexity index is 289. The third kappa shape index (κ3) is 2.58. The summed E-state index contributed by atoms with van der Waals surface area (Å²) < 4.78 is 5.36. The van der Waals surface area contributed by atoms with Crippen molar-refractivity contribution in [1.29, 1.82) is 0 Å². The molecule has 1 aromatic heterocycles. The van der Waals surface area contributed by atoms with E-state index < -0.39 is 0 Å². The molecule has 0 saturated heterocycles. The number of anilines is 1. The van der Waals surface area contributed by atoms with Crippen molar-refractivity contribution in [3.8, 4) is 6.01 Å². The summed E-state index contributed by atoms with van der Waals surface area (Å²) in [6.45, 7) is 6.57.